The van der Waals surface area contributed by atoms with Gasteiger partial charge in [0.2, 0.25) is 0 Å². The van der Waals surface area contributed by atoms with Crippen LogP contribution in [0.2, 0.25) is 0 Å². The average Bonchev–Trinajstić information content (AvgIpc) is 2.13. The topological polar surface area (TPSA) is 43.4 Å². The van der Waals surface area contributed by atoms with E-state index in [1.54, 1.807) is 13.0 Å². The summed E-state index contributed by atoms with van der Waals surface area (Å²) in [6.07, 6.45) is 2.88. The van der Waals surface area contributed by atoms with Crippen molar-refractivity contribution < 1.29 is 14.3 Å². The number of carbonyl (C=O) groups is 2. The summed E-state index contributed by atoms with van der Waals surface area (Å²) in [4.78, 5) is 22.3. The van der Waals surface area contributed by atoms with Gasteiger partial charge < -0.3 is 4.74 Å². The van der Waals surface area contributed by atoms with Crippen LogP contribution in [0.5, 0.6) is 0 Å². The van der Waals surface area contributed by atoms with Crippen LogP contribution in [-0.4, -0.2) is 18.4 Å². The molecule has 0 aliphatic carbocycles. The zero-order valence-electron chi connectivity index (χ0n) is 9.24. The van der Waals surface area contributed by atoms with Gasteiger partial charge in [-0.2, -0.15) is 0 Å². The summed E-state index contributed by atoms with van der Waals surface area (Å²) < 4.78 is 4.74. The van der Waals surface area contributed by atoms with Gasteiger partial charge in [-0.1, -0.05) is 26.8 Å². The summed E-state index contributed by atoms with van der Waals surface area (Å²) in [6, 6.07) is 0. The van der Waals surface area contributed by atoms with Gasteiger partial charge in [-0.25, -0.2) is 4.79 Å². The Morgan fingerprint density at radius 1 is 1.29 bits per heavy atom. The highest BCUT2D eigenvalue weighted by Crippen LogP contribution is 2.10. The normalized spacial score (nSPS) is 13.2. The Morgan fingerprint density at radius 3 is 2.29 bits per heavy atom. The van der Waals surface area contributed by atoms with Gasteiger partial charge in [0.25, 0.3) is 0 Å². The summed E-state index contributed by atoms with van der Waals surface area (Å²) in [5.74, 6) is -0.272. The first kappa shape index (κ1) is 12.9. The van der Waals surface area contributed by atoms with Gasteiger partial charge in [-0.15, -0.1) is 0 Å². The van der Waals surface area contributed by atoms with Crippen molar-refractivity contribution >= 4 is 11.8 Å². The monoisotopic (exact) mass is 198 g/mol. The molecule has 80 valence electrons. The van der Waals surface area contributed by atoms with E-state index >= 15 is 0 Å². The second-order valence-corrected chi connectivity index (χ2v) is 3.61. The van der Waals surface area contributed by atoms with Crippen molar-refractivity contribution in [2.75, 3.05) is 6.61 Å². The number of hydrogen-bond acceptors (Lipinski definition) is 3. The first-order valence-electron chi connectivity index (χ1n) is 4.81. The minimum absolute atomic E-state index is 0.0298. The first-order valence-corrected chi connectivity index (χ1v) is 4.81. The smallest absolute Gasteiger partial charge is 0.330 e. The van der Waals surface area contributed by atoms with Crippen molar-refractivity contribution in [2.45, 2.75) is 27.7 Å². The minimum atomic E-state index is -0.461. The van der Waals surface area contributed by atoms with Crippen molar-refractivity contribution in [2.24, 2.45) is 11.8 Å². The lowest BCUT2D eigenvalue weighted by molar-refractivity contribution is -0.144. The molecule has 0 fully saturated rings. The zero-order chi connectivity index (χ0) is 11.1. The molecule has 1 atom stereocenters. The summed E-state index contributed by atoms with van der Waals surface area (Å²) in [6.45, 7) is 7.38. The maximum Gasteiger partial charge on any atom is 0.330 e. The highest BCUT2D eigenvalue weighted by atomic mass is 16.5. The molecular formula is C11H18O3. The van der Waals surface area contributed by atoms with Crippen LogP contribution in [0.4, 0.5) is 0 Å². The van der Waals surface area contributed by atoms with E-state index in [2.05, 4.69) is 0 Å². The van der Waals surface area contributed by atoms with Gasteiger partial charge in [0.1, 0.15) is 0 Å². The molecule has 0 bridgehead atoms. The van der Waals surface area contributed by atoms with Crippen molar-refractivity contribution in [1.29, 1.82) is 0 Å². The fraction of sp³-hybridized carbons (Fsp3) is 0.636. The Hall–Kier alpha value is -1.12. The molecule has 0 rings (SSSR count). The number of ketones is 1. The van der Waals surface area contributed by atoms with E-state index in [1.165, 1.54) is 6.08 Å². The third-order valence-corrected chi connectivity index (χ3v) is 2.17. The molecule has 0 saturated heterocycles. The van der Waals surface area contributed by atoms with Crippen LogP contribution in [0, 0.1) is 11.8 Å². The predicted molar refractivity (Wildman–Crippen MR) is 54.8 cm³/mol. The van der Waals surface area contributed by atoms with E-state index in [0.29, 0.717) is 0 Å². The number of hydrogen-bond donors (Lipinski definition) is 0. The van der Waals surface area contributed by atoms with Crippen LogP contribution >= 0.6 is 0 Å². The Morgan fingerprint density at radius 2 is 1.86 bits per heavy atom. The lowest BCUT2D eigenvalue weighted by atomic mass is 9.94. The maximum atomic E-state index is 11.4. The molecule has 1 unspecified atom stereocenters. The van der Waals surface area contributed by atoms with Crippen LogP contribution in [0.15, 0.2) is 12.2 Å². The quantitative estimate of drug-likeness (QED) is 0.501. The standard InChI is InChI=1S/C11H18O3/c1-5-6-11(13)14-7-10(12)9(4)8(2)3/h5-6,8-9H,7H2,1-4H3/b6-5+. The third-order valence-electron chi connectivity index (χ3n) is 2.17. The Balaban J connectivity index is 3.91. The Bertz CT molecular complexity index is 229. The molecule has 0 spiro atoms. The summed E-state index contributed by atoms with van der Waals surface area (Å²) >= 11 is 0. The highest BCUT2D eigenvalue weighted by molar-refractivity contribution is 5.87. The molecule has 0 aromatic carbocycles. The van der Waals surface area contributed by atoms with E-state index in [1.807, 2.05) is 20.8 Å². The average molecular weight is 198 g/mol. The van der Waals surface area contributed by atoms with E-state index < -0.39 is 5.97 Å². The Kier molecular flexibility index (Phi) is 5.84. The van der Waals surface area contributed by atoms with E-state index in [0.717, 1.165) is 0 Å². The lowest BCUT2D eigenvalue weighted by Gasteiger charge is -2.13. The molecule has 3 nitrogen and oxygen atoms in total. The third kappa shape index (κ3) is 4.80. The van der Waals surface area contributed by atoms with Gasteiger partial charge in [-0.05, 0) is 12.8 Å². The first-order chi connectivity index (χ1) is 6.49. The molecule has 0 N–H and O–H groups in total. The highest BCUT2D eigenvalue weighted by Gasteiger charge is 2.17. The van der Waals surface area contributed by atoms with Crippen LogP contribution in [0.1, 0.15) is 27.7 Å². The maximum absolute atomic E-state index is 11.4. The molecule has 0 aliphatic heterocycles. The summed E-state index contributed by atoms with van der Waals surface area (Å²) in [5, 5.41) is 0. The van der Waals surface area contributed by atoms with Gasteiger partial charge in [0.05, 0.1) is 0 Å². The van der Waals surface area contributed by atoms with Crippen LogP contribution in [-0.2, 0) is 14.3 Å². The van der Waals surface area contributed by atoms with Crippen LogP contribution < -0.4 is 0 Å². The Labute approximate surface area is 85.1 Å². The molecule has 0 amide bonds. The molecule has 0 aromatic heterocycles. The van der Waals surface area contributed by atoms with Crippen molar-refractivity contribution in [3.63, 3.8) is 0 Å². The molecular weight excluding hydrogens is 180 g/mol. The molecule has 0 aromatic rings. The zero-order valence-corrected chi connectivity index (χ0v) is 9.24. The number of allylic oxidation sites excluding steroid dienone is 1. The summed E-state index contributed by atoms with van der Waals surface area (Å²) in [7, 11) is 0. The molecule has 0 saturated carbocycles. The number of Topliss-reactive ketones (excluding diaryl/α,β-unsaturated/α-hetero) is 1. The lowest BCUT2D eigenvalue weighted by Crippen LogP contribution is -2.22. The molecule has 0 heterocycles. The number of rotatable bonds is 5. The van der Waals surface area contributed by atoms with Crippen molar-refractivity contribution in [3.8, 4) is 0 Å². The van der Waals surface area contributed by atoms with Gasteiger partial charge in [0, 0.05) is 12.0 Å². The minimum Gasteiger partial charge on any atom is -0.455 e. The van der Waals surface area contributed by atoms with Crippen LogP contribution in [0.3, 0.4) is 0 Å². The van der Waals surface area contributed by atoms with Gasteiger partial charge in [-0.3, -0.25) is 4.79 Å². The second kappa shape index (κ2) is 6.35. The van der Waals surface area contributed by atoms with Crippen molar-refractivity contribution in [3.05, 3.63) is 12.2 Å². The van der Waals surface area contributed by atoms with E-state index in [4.69, 9.17) is 4.74 Å². The van der Waals surface area contributed by atoms with E-state index in [-0.39, 0.29) is 24.2 Å². The van der Waals surface area contributed by atoms with Gasteiger partial charge >= 0.3 is 5.97 Å². The number of ether oxygens (including phenoxy) is 1. The second-order valence-electron chi connectivity index (χ2n) is 3.61. The largest absolute Gasteiger partial charge is 0.455 e. The fourth-order valence-electron chi connectivity index (χ4n) is 0.830. The molecule has 14 heavy (non-hydrogen) atoms. The van der Waals surface area contributed by atoms with E-state index in [9.17, 15) is 9.59 Å². The number of esters is 1. The van der Waals surface area contributed by atoms with Crippen LogP contribution in [0.25, 0.3) is 0 Å². The van der Waals surface area contributed by atoms with Gasteiger partial charge in [0.15, 0.2) is 12.4 Å². The molecule has 3 heteroatoms. The SMILES string of the molecule is C/C=C/C(=O)OCC(=O)C(C)C(C)C. The fourth-order valence-corrected chi connectivity index (χ4v) is 0.830. The molecule has 0 radical (unpaired) electrons. The predicted octanol–water partition coefficient (Wildman–Crippen LogP) is 1.97. The summed E-state index contributed by atoms with van der Waals surface area (Å²) in [5.41, 5.74) is 0. The number of carbonyl (C=O) groups excluding carboxylic acids is 2. The van der Waals surface area contributed by atoms with Crippen molar-refractivity contribution in [1.82, 2.24) is 0 Å². The molecule has 0 aliphatic rings.